The number of benzene rings is 1. The molecule has 1 aromatic carbocycles. The van der Waals surface area contributed by atoms with Gasteiger partial charge in [0.2, 0.25) is 13.9 Å². The Kier molecular flexibility index (Phi) is 4.95. The fraction of sp³-hybridized carbons (Fsp3) is 0.286. The third kappa shape index (κ3) is 3.12. The molecular formula is C14H18N2OSi. The lowest BCUT2D eigenvalue weighted by atomic mass is 10.2. The Bertz CT molecular complexity index is 488. The van der Waals surface area contributed by atoms with Crippen molar-refractivity contribution in [2.45, 2.75) is 25.9 Å². The Labute approximate surface area is 109 Å². The predicted molar refractivity (Wildman–Crippen MR) is 76.6 cm³/mol. The zero-order valence-electron chi connectivity index (χ0n) is 10.9. The molecule has 0 aliphatic carbocycles. The number of carbonyl (C=O) groups excluding carboxylic acids is 1. The van der Waals surface area contributed by atoms with Crippen molar-refractivity contribution in [1.82, 2.24) is 0 Å². The first-order valence-corrected chi connectivity index (χ1v) is 8.96. The van der Waals surface area contributed by atoms with Gasteiger partial charge in [0.05, 0.1) is 0 Å². The first kappa shape index (κ1) is 14.3. The summed E-state index contributed by atoms with van der Waals surface area (Å²) in [5.41, 5.74) is 9.17. The first-order chi connectivity index (χ1) is 8.54. The van der Waals surface area contributed by atoms with E-state index in [4.69, 9.17) is 5.53 Å². The van der Waals surface area contributed by atoms with Crippen molar-refractivity contribution < 1.29 is 9.58 Å². The van der Waals surface area contributed by atoms with Crippen molar-refractivity contribution in [2.24, 2.45) is 0 Å². The Morgan fingerprint density at radius 2 is 2.00 bits per heavy atom. The van der Waals surface area contributed by atoms with Gasteiger partial charge >= 0.3 is 5.33 Å². The van der Waals surface area contributed by atoms with Gasteiger partial charge in [0.1, 0.15) is 0 Å². The molecule has 0 amide bonds. The van der Waals surface area contributed by atoms with Crippen LogP contribution in [0, 0.1) is 0 Å². The van der Waals surface area contributed by atoms with Gasteiger partial charge in [-0.05, 0) is 11.6 Å². The monoisotopic (exact) mass is 258 g/mol. The molecule has 1 rings (SSSR count). The fourth-order valence-electron chi connectivity index (χ4n) is 1.87. The van der Waals surface area contributed by atoms with Gasteiger partial charge in [-0.1, -0.05) is 49.5 Å². The molecule has 0 saturated carbocycles. The normalized spacial score (nSPS) is 10.6. The van der Waals surface area contributed by atoms with Crippen LogP contribution in [0.4, 0.5) is 0 Å². The fourth-order valence-corrected chi connectivity index (χ4v) is 4.24. The zero-order valence-corrected chi connectivity index (χ0v) is 11.9. The molecule has 0 heterocycles. The smallest absolute Gasteiger partial charge is 0.305 e. The van der Waals surface area contributed by atoms with Crippen molar-refractivity contribution in [3.8, 4) is 0 Å². The van der Waals surface area contributed by atoms with Crippen LogP contribution in [-0.2, 0) is 4.79 Å². The van der Waals surface area contributed by atoms with Gasteiger partial charge in [-0.2, -0.15) is 4.79 Å². The van der Waals surface area contributed by atoms with E-state index >= 15 is 0 Å². The van der Waals surface area contributed by atoms with Crippen LogP contribution in [0.25, 0.3) is 5.53 Å². The lowest BCUT2D eigenvalue weighted by Gasteiger charge is -2.16. The number of ketones is 1. The van der Waals surface area contributed by atoms with Crippen molar-refractivity contribution in [3.63, 3.8) is 0 Å². The van der Waals surface area contributed by atoms with E-state index in [2.05, 4.69) is 11.4 Å². The highest BCUT2D eigenvalue weighted by Gasteiger charge is 2.41. The van der Waals surface area contributed by atoms with E-state index in [0.29, 0.717) is 18.2 Å². The number of rotatable bonds is 6. The van der Waals surface area contributed by atoms with Crippen molar-refractivity contribution in [2.75, 3.05) is 0 Å². The number of hydrogen-bond donors (Lipinski definition) is 0. The van der Waals surface area contributed by atoms with E-state index in [9.17, 15) is 4.79 Å². The van der Waals surface area contributed by atoms with Gasteiger partial charge in [0.15, 0.2) is 0 Å². The lowest BCUT2D eigenvalue weighted by Crippen LogP contribution is -2.53. The van der Waals surface area contributed by atoms with Crippen LogP contribution in [-0.4, -0.2) is 24.0 Å². The molecule has 0 aliphatic heterocycles. The summed E-state index contributed by atoms with van der Waals surface area (Å²) in [6.45, 7) is 7.63. The molecule has 94 valence electrons. The maximum atomic E-state index is 12.0. The Morgan fingerprint density at radius 3 is 2.50 bits per heavy atom. The minimum Gasteiger partial charge on any atom is -0.362 e. The average Bonchev–Trinajstić information content (AvgIpc) is 2.38. The molecular weight excluding hydrogens is 240 g/mol. The van der Waals surface area contributed by atoms with E-state index in [0.717, 1.165) is 5.19 Å². The molecule has 0 saturated heterocycles. The molecule has 0 atom stereocenters. The topological polar surface area (TPSA) is 53.5 Å². The summed E-state index contributed by atoms with van der Waals surface area (Å²) in [6.07, 6.45) is 2.66. The molecule has 0 spiro atoms. The van der Waals surface area contributed by atoms with Crippen molar-refractivity contribution in [1.29, 1.82) is 0 Å². The Balaban J connectivity index is 3.05. The number of carbonyl (C=O) groups is 1. The van der Waals surface area contributed by atoms with Gasteiger partial charge in [-0.3, -0.25) is 4.79 Å². The summed E-state index contributed by atoms with van der Waals surface area (Å²) in [6, 6.07) is 9.78. The van der Waals surface area contributed by atoms with Crippen LogP contribution in [0.3, 0.4) is 0 Å². The van der Waals surface area contributed by atoms with Crippen molar-refractivity contribution in [3.05, 3.63) is 48.5 Å². The van der Waals surface area contributed by atoms with Gasteiger partial charge in [0, 0.05) is 6.42 Å². The van der Waals surface area contributed by atoms with Crippen molar-refractivity contribution >= 4 is 24.4 Å². The predicted octanol–water partition coefficient (Wildman–Crippen LogP) is 2.35. The largest absolute Gasteiger partial charge is 0.362 e. The summed E-state index contributed by atoms with van der Waals surface area (Å²) < 4.78 is 0. The van der Waals surface area contributed by atoms with Gasteiger partial charge in [-0.15, -0.1) is 6.58 Å². The summed E-state index contributed by atoms with van der Waals surface area (Å²) in [5, 5.41) is 1.42. The molecule has 0 aromatic heterocycles. The zero-order chi connectivity index (χ0) is 13.6. The third-order valence-corrected chi connectivity index (χ3v) is 6.37. The maximum absolute atomic E-state index is 12.0. The van der Waals surface area contributed by atoms with E-state index in [1.165, 1.54) is 0 Å². The average molecular weight is 258 g/mol. The van der Waals surface area contributed by atoms with Crippen LogP contribution in [0.15, 0.2) is 43.0 Å². The molecule has 0 fully saturated rings. The maximum Gasteiger partial charge on any atom is 0.305 e. The Hall–Kier alpha value is -1.77. The number of allylic oxidation sites excluding steroid dienone is 1. The summed E-state index contributed by atoms with van der Waals surface area (Å²) >= 11 is 0. The highest BCUT2D eigenvalue weighted by molar-refractivity contribution is 7.19. The molecule has 0 bridgehead atoms. The summed E-state index contributed by atoms with van der Waals surface area (Å²) in [5.74, 6) is -0.0853. The summed E-state index contributed by atoms with van der Waals surface area (Å²) in [4.78, 5) is 15.3. The highest BCUT2D eigenvalue weighted by Crippen LogP contribution is 2.08. The molecule has 18 heavy (non-hydrogen) atoms. The first-order valence-electron chi connectivity index (χ1n) is 5.96. The Morgan fingerprint density at radius 1 is 1.39 bits per heavy atom. The van der Waals surface area contributed by atoms with Crippen LogP contribution in [0.5, 0.6) is 0 Å². The van der Waals surface area contributed by atoms with Gasteiger partial charge < -0.3 is 5.53 Å². The highest BCUT2D eigenvalue weighted by atomic mass is 28.3. The molecule has 0 unspecified atom stereocenters. The van der Waals surface area contributed by atoms with E-state index in [1.807, 2.05) is 43.4 Å². The molecule has 0 radical (unpaired) electrons. The molecule has 0 N–H and O–H groups in total. The lowest BCUT2D eigenvalue weighted by molar-refractivity contribution is -0.116. The van der Waals surface area contributed by atoms with Crippen LogP contribution in [0.2, 0.25) is 13.1 Å². The molecule has 0 aliphatic rings. The number of Topliss-reactive ketones (excluding diaryl/α,β-unsaturated/α-hetero) is 1. The summed E-state index contributed by atoms with van der Waals surface area (Å²) in [7, 11) is -2.21. The van der Waals surface area contributed by atoms with E-state index < -0.39 is 8.07 Å². The van der Waals surface area contributed by atoms with E-state index in [-0.39, 0.29) is 5.78 Å². The minimum absolute atomic E-state index is 0.0853. The van der Waals surface area contributed by atoms with E-state index in [1.54, 1.807) is 6.08 Å². The second-order valence-electron chi connectivity index (χ2n) is 4.69. The number of nitrogens with zero attached hydrogens (tertiary/aromatic N) is 2. The standard InChI is InChI=1S/C14H18N2OSi/c1-4-5-11-13(17)14(16-15)18(2,3)12-9-7-6-8-10-12/h4,6-10H,1,5,11H2,2-3H3. The number of hydrogen-bond acceptors (Lipinski definition) is 1. The third-order valence-electron chi connectivity index (χ3n) is 3.03. The van der Waals surface area contributed by atoms with Crippen LogP contribution < -0.4 is 5.19 Å². The minimum atomic E-state index is -2.21. The molecule has 1 aromatic rings. The molecule has 3 nitrogen and oxygen atoms in total. The van der Waals surface area contributed by atoms with Gasteiger partial charge in [0.25, 0.3) is 0 Å². The van der Waals surface area contributed by atoms with Gasteiger partial charge in [-0.25, -0.2) is 0 Å². The quantitative estimate of drug-likeness (QED) is 0.254. The molecule has 4 heteroatoms. The SMILES string of the molecule is C=CCCC(=O)C(=[N+]=[N-])[Si](C)(C)c1ccccc1. The van der Waals surface area contributed by atoms with Crippen LogP contribution in [0.1, 0.15) is 12.8 Å². The van der Waals surface area contributed by atoms with Crippen LogP contribution >= 0.6 is 0 Å². The second-order valence-corrected chi connectivity index (χ2v) is 8.99. The second kappa shape index (κ2) is 6.24.